The summed E-state index contributed by atoms with van der Waals surface area (Å²) in [6, 6.07) is 10.2. The lowest BCUT2D eigenvalue weighted by molar-refractivity contribution is -0.0703. The molecule has 3 aliphatic rings. The van der Waals surface area contributed by atoms with Crippen molar-refractivity contribution >= 4 is 6.92 Å². The highest BCUT2D eigenvalue weighted by atomic mass is 16.5. The first-order chi connectivity index (χ1) is 15.2. The minimum Gasteiger partial charge on any atom is -0.420 e. The summed E-state index contributed by atoms with van der Waals surface area (Å²) in [7, 11) is 0. The third kappa shape index (κ3) is 6.15. The van der Waals surface area contributed by atoms with Gasteiger partial charge in [0.2, 0.25) is 0 Å². The quantitative estimate of drug-likeness (QED) is 0.463. The lowest BCUT2D eigenvalue weighted by Gasteiger charge is -2.44. The summed E-state index contributed by atoms with van der Waals surface area (Å²) in [5, 5.41) is 11.3. The van der Waals surface area contributed by atoms with Gasteiger partial charge in [-0.1, -0.05) is 108 Å². The van der Waals surface area contributed by atoms with Gasteiger partial charge in [-0.25, -0.2) is 0 Å². The number of nitrogens with zero attached hydrogens (tertiary/aromatic N) is 1. The zero-order chi connectivity index (χ0) is 21.5. The minimum absolute atomic E-state index is 0.0179. The monoisotopic (exact) mass is 425 g/mol. The van der Waals surface area contributed by atoms with Gasteiger partial charge in [-0.3, -0.25) is 4.90 Å². The molecule has 2 aliphatic carbocycles. The molecule has 0 radical (unpaired) electrons. The predicted octanol–water partition coefficient (Wildman–Crippen LogP) is 6.84. The van der Waals surface area contributed by atoms with E-state index in [0.717, 1.165) is 18.7 Å². The highest BCUT2D eigenvalue weighted by molar-refractivity contribution is 6.55. The summed E-state index contributed by atoms with van der Waals surface area (Å²) in [5.41, 5.74) is 1.02. The van der Waals surface area contributed by atoms with Crippen molar-refractivity contribution < 1.29 is 9.76 Å². The number of aliphatic hydroxyl groups is 1. The van der Waals surface area contributed by atoms with Gasteiger partial charge in [0, 0.05) is 19.0 Å². The maximum absolute atomic E-state index is 11.3. The second-order valence-electron chi connectivity index (χ2n) is 10.6. The van der Waals surface area contributed by atoms with Crippen molar-refractivity contribution in [1.29, 1.82) is 0 Å². The van der Waals surface area contributed by atoms with E-state index in [4.69, 9.17) is 4.65 Å². The number of piperidine rings is 1. The fourth-order valence-corrected chi connectivity index (χ4v) is 6.52. The van der Waals surface area contributed by atoms with Crippen LogP contribution in [0.15, 0.2) is 30.3 Å². The van der Waals surface area contributed by atoms with E-state index in [9.17, 15) is 5.11 Å². The molecule has 3 nitrogen and oxygen atoms in total. The Balaban J connectivity index is 1.55. The number of aliphatic hydroxyl groups excluding tert-OH is 1. The van der Waals surface area contributed by atoms with Gasteiger partial charge in [0.1, 0.15) is 6.23 Å². The van der Waals surface area contributed by atoms with Crippen LogP contribution in [0.1, 0.15) is 102 Å². The molecule has 4 rings (SSSR count). The van der Waals surface area contributed by atoms with Crippen molar-refractivity contribution in [3.8, 4) is 0 Å². The molecule has 2 saturated carbocycles. The van der Waals surface area contributed by atoms with E-state index in [-0.39, 0.29) is 12.1 Å². The number of hydrogen-bond acceptors (Lipinski definition) is 3. The van der Waals surface area contributed by atoms with Crippen LogP contribution in [0.25, 0.3) is 0 Å². The maximum atomic E-state index is 11.3. The van der Waals surface area contributed by atoms with Gasteiger partial charge in [-0.15, -0.1) is 0 Å². The third-order valence-corrected chi connectivity index (χ3v) is 8.36. The molecule has 31 heavy (non-hydrogen) atoms. The van der Waals surface area contributed by atoms with E-state index >= 15 is 0 Å². The molecule has 1 saturated heterocycles. The molecule has 0 aromatic heterocycles. The van der Waals surface area contributed by atoms with E-state index < -0.39 is 6.10 Å². The van der Waals surface area contributed by atoms with Gasteiger partial charge in [-0.2, -0.15) is 0 Å². The highest BCUT2D eigenvalue weighted by Gasteiger charge is 2.41. The van der Waals surface area contributed by atoms with E-state index in [1.54, 1.807) is 0 Å². The molecule has 1 N–H and O–H groups in total. The average Bonchev–Trinajstić information content (AvgIpc) is 2.86. The Morgan fingerprint density at radius 2 is 1.32 bits per heavy atom. The van der Waals surface area contributed by atoms with Gasteiger partial charge in [0.15, 0.2) is 0 Å². The van der Waals surface area contributed by atoms with Crippen molar-refractivity contribution in [1.82, 2.24) is 4.90 Å². The summed E-state index contributed by atoms with van der Waals surface area (Å²) in [6.45, 7) is 4.81. The molecule has 3 fully saturated rings. The van der Waals surface area contributed by atoms with E-state index in [2.05, 4.69) is 24.0 Å². The van der Waals surface area contributed by atoms with Crippen LogP contribution in [-0.2, 0) is 4.65 Å². The first kappa shape index (κ1) is 23.3. The topological polar surface area (TPSA) is 32.7 Å². The van der Waals surface area contributed by atoms with Crippen LogP contribution in [0, 0.1) is 5.92 Å². The van der Waals surface area contributed by atoms with Gasteiger partial charge in [0.25, 0.3) is 0 Å². The Kier molecular flexibility index (Phi) is 8.93. The summed E-state index contributed by atoms with van der Waals surface area (Å²) < 4.78 is 7.24. The number of benzene rings is 1. The van der Waals surface area contributed by atoms with Crippen LogP contribution in [0.3, 0.4) is 0 Å². The fraction of sp³-hybridized carbons (Fsp3) is 0.778. The van der Waals surface area contributed by atoms with Gasteiger partial charge < -0.3 is 9.76 Å². The number of rotatable bonds is 8. The summed E-state index contributed by atoms with van der Waals surface area (Å²) in [6.07, 6.45) is 17.0. The van der Waals surface area contributed by atoms with Crippen LogP contribution >= 0.6 is 0 Å². The van der Waals surface area contributed by atoms with Crippen molar-refractivity contribution in [3.63, 3.8) is 0 Å². The van der Waals surface area contributed by atoms with Crippen molar-refractivity contribution in [2.75, 3.05) is 13.1 Å². The molecular formula is C27H44BNO2. The molecule has 1 unspecified atom stereocenters. The minimum atomic E-state index is -0.480. The zero-order valence-corrected chi connectivity index (χ0v) is 19.8. The standard InChI is InChI=1S/C27H44BNO2/c1-22(26(30)23-14-6-2-7-15-23)27(29-20-12-5-13-21-29)31-28(24-16-8-3-9-17-24)25-18-10-4-11-19-25/h2,6-7,14-15,22,24-27,30H,3-5,8-13,16-21H2,1H3/t22-,26-,27?/m0/s1. The molecule has 1 heterocycles. The molecular weight excluding hydrogens is 381 g/mol. The lowest BCUT2D eigenvalue weighted by Crippen LogP contribution is -2.50. The fourth-order valence-electron chi connectivity index (χ4n) is 6.52. The molecule has 1 aliphatic heterocycles. The molecule has 4 heteroatoms. The van der Waals surface area contributed by atoms with Crippen molar-refractivity contribution in [3.05, 3.63) is 35.9 Å². The summed E-state index contributed by atoms with van der Waals surface area (Å²) in [5.74, 6) is 1.49. The highest BCUT2D eigenvalue weighted by Crippen LogP contribution is 2.43. The third-order valence-electron chi connectivity index (χ3n) is 8.36. The molecule has 1 aromatic rings. The van der Waals surface area contributed by atoms with E-state index in [1.807, 2.05) is 18.2 Å². The first-order valence-electron chi connectivity index (χ1n) is 13.4. The second kappa shape index (κ2) is 11.9. The van der Waals surface area contributed by atoms with Crippen LogP contribution in [-0.4, -0.2) is 36.2 Å². The first-order valence-corrected chi connectivity index (χ1v) is 13.4. The van der Waals surface area contributed by atoms with Crippen molar-refractivity contribution in [2.45, 2.75) is 114 Å². The van der Waals surface area contributed by atoms with Gasteiger partial charge >= 0.3 is 6.92 Å². The van der Waals surface area contributed by atoms with Gasteiger partial charge in [-0.05, 0) is 30.0 Å². The SMILES string of the molecule is C[C@H](C(OB(C1CCCCC1)C1CCCCC1)N1CCCCC1)[C@H](O)c1ccccc1. The Morgan fingerprint density at radius 1 is 0.806 bits per heavy atom. The molecule has 172 valence electrons. The van der Waals surface area contributed by atoms with Gasteiger partial charge in [0.05, 0.1) is 6.10 Å². The summed E-state index contributed by atoms with van der Waals surface area (Å²) >= 11 is 0. The Hall–Kier alpha value is -0.835. The Labute approximate surface area is 191 Å². The molecule has 1 aromatic carbocycles. The molecule has 3 atom stereocenters. The van der Waals surface area contributed by atoms with Crippen LogP contribution in [0.2, 0.25) is 11.6 Å². The largest absolute Gasteiger partial charge is 0.420 e. The van der Waals surface area contributed by atoms with Crippen molar-refractivity contribution in [2.24, 2.45) is 5.92 Å². The zero-order valence-electron chi connectivity index (χ0n) is 19.8. The maximum Gasteiger partial charge on any atom is 0.301 e. The second-order valence-corrected chi connectivity index (χ2v) is 10.6. The van der Waals surface area contributed by atoms with E-state index in [0.29, 0.717) is 18.6 Å². The molecule has 0 spiro atoms. The molecule has 0 bridgehead atoms. The Morgan fingerprint density at radius 3 is 1.87 bits per heavy atom. The van der Waals surface area contributed by atoms with Crippen LogP contribution < -0.4 is 0 Å². The predicted molar refractivity (Wildman–Crippen MR) is 130 cm³/mol. The molecule has 0 amide bonds. The normalized spacial score (nSPS) is 25.1. The smallest absolute Gasteiger partial charge is 0.301 e. The average molecular weight is 425 g/mol. The number of hydrogen-bond donors (Lipinski definition) is 1. The Bertz CT molecular complexity index is 605. The van der Waals surface area contributed by atoms with Crippen LogP contribution in [0.5, 0.6) is 0 Å². The summed E-state index contributed by atoms with van der Waals surface area (Å²) in [4.78, 5) is 2.57. The van der Waals surface area contributed by atoms with E-state index in [1.165, 1.54) is 83.5 Å². The van der Waals surface area contributed by atoms with Crippen LogP contribution in [0.4, 0.5) is 0 Å². The lowest BCUT2D eigenvalue weighted by atomic mass is 9.41. The number of likely N-dealkylation sites (tertiary alicyclic amines) is 1.